The molecule has 0 fully saturated rings. The number of hydrogen-bond acceptors (Lipinski definition) is 4. The van der Waals surface area contributed by atoms with Gasteiger partial charge in [0.05, 0.1) is 10.6 Å². The third-order valence-electron chi connectivity index (χ3n) is 1.90. The van der Waals surface area contributed by atoms with Crippen LogP contribution >= 0.6 is 23.4 Å². The van der Waals surface area contributed by atoms with Crippen LogP contribution in [0.3, 0.4) is 0 Å². The van der Waals surface area contributed by atoms with E-state index in [1.807, 2.05) is 6.92 Å². The number of carboxylic acid groups (broad SMARTS) is 1. The van der Waals surface area contributed by atoms with Gasteiger partial charge in [0.2, 0.25) is 0 Å². The van der Waals surface area contributed by atoms with Crippen molar-refractivity contribution in [2.75, 3.05) is 12.4 Å². The first-order valence-corrected chi connectivity index (χ1v) is 6.04. The van der Waals surface area contributed by atoms with E-state index in [1.165, 1.54) is 24.0 Å². The van der Waals surface area contributed by atoms with E-state index >= 15 is 0 Å². The second kappa shape index (κ2) is 6.08. The maximum absolute atomic E-state index is 10.8. The van der Waals surface area contributed by atoms with Gasteiger partial charge in [0, 0.05) is 18.6 Å². The average molecular weight is 262 g/mol. The van der Waals surface area contributed by atoms with Crippen LogP contribution in [0.5, 0.6) is 0 Å². The predicted molar refractivity (Wildman–Crippen MR) is 63.2 cm³/mol. The lowest BCUT2D eigenvalue weighted by Gasteiger charge is -2.08. The molecule has 16 heavy (non-hydrogen) atoms. The first-order valence-electron chi connectivity index (χ1n) is 4.67. The van der Waals surface area contributed by atoms with Gasteiger partial charge >= 0.3 is 5.97 Å². The fraction of sp³-hybridized carbons (Fsp3) is 0.400. The zero-order valence-electron chi connectivity index (χ0n) is 8.68. The Labute approximate surface area is 103 Å². The monoisotopic (exact) mass is 261 g/mol. The number of aliphatic hydroxyl groups excluding tert-OH is 1. The van der Waals surface area contributed by atoms with Gasteiger partial charge in [0.25, 0.3) is 0 Å². The molecule has 88 valence electrons. The van der Waals surface area contributed by atoms with Gasteiger partial charge in [0.15, 0.2) is 0 Å². The number of thioether (sulfide) groups is 1. The summed E-state index contributed by atoms with van der Waals surface area (Å²) >= 11 is 7.25. The number of carboxylic acids is 1. The Balaban J connectivity index is 2.81. The number of aliphatic hydroxyl groups is 1. The number of rotatable bonds is 5. The van der Waals surface area contributed by atoms with Crippen molar-refractivity contribution >= 4 is 29.3 Å². The highest BCUT2D eigenvalue weighted by Gasteiger charge is 2.14. The van der Waals surface area contributed by atoms with Crippen molar-refractivity contribution in [1.29, 1.82) is 0 Å². The molecule has 1 atom stereocenters. The van der Waals surface area contributed by atoms with Gasteiger partial charge in [0.1, 0.15) is 5.03 Å². The summed E-state index contributed by atoms with van der Waals surface area (Å²) in [6, 6.07) is 1.37. The molecule has 0 amide bonds. The molecule has 1 aromatic heterocycles. The number of halogens is 1. The lowest BCUT2D eigenvalue weighted by molar-refractivity contribution is 0.0696. The van der Waals surface area contributed by atoms with Gasteiger partial charge in [-0.3, -0.25) is 0 Å². The molecule has 1 unspecified atom stereocenters. The molecule has 2 N–H and O–H groups in total. The zero-order valence-corrected chi connectivity index (χ0v) is 10.3. The highest BCUT2D eigenvalue weighted by Crippen LogP contribution is 2.29. The molecule has 6 heteroatoms. The molecule has 0 aliphatic rings. The third-order valence-corrected chi connectivity index (χ3v) is 3.72. The molecule has 0 saturated heterocycles. The summed E-state index contributed by atoms with van der Waals surface area (Å²) in [4.78, 5) is 14.8. The Morgan fingerprint density at radius 2 is 2.38 bits per heavy atom. The number of pyridine rings is 1. The largest absolute Gasteiger partial charge is 0.478 e. The topological polar surface area (TPSA) is 70.4 Å². The summed E-state index contributed by atoms with van der Waals surface area (Å²) < 4.78 is 0. The number of nitrogens with zero attached hydrogens (tertiary/aromatic N) is 1. The number of hydrogen-bond donors (Lipinski definition) is 2. The van der Waals surface area contributed by atoms with Crippen LogP contribution in [0.1, 0.15) is 17.3 Å². The molecule has 0 aliphatic carbocycles. The smallest absolute Gasteiger partial charge is 0.337 e. The first kappa shape index (κ1) is 13.3. The fourth-order valence-electron chi connectivity index (χ4n) is 0.964. The minimum absolute atomic E-state index is 0.0517. The first-order chi connectivity index (χ1) is 7.56. The summed E-state index contributed by atoms with van der Waals surface area (Å²) in [5.74, 6) is -0.299. The minimum Gasteiger partial charge on any atom is -0.478 e. The molecule has 0 saturated carbocycles. The molecule has 0 aromatic carbocycles. The van der Waals surface area contributed by atoms with Crippen LogP contribution in [0.15, 0.2) is 17.3 Å². The SMILES string of the molecule is CC(CO)CSc1nccc(C(=O)O)c1Cl. The van der Waals surface area contributed by atoms with Crippen LogP contribution in [-0.2, 0) is 0 Å². The zero-order chi connectivity index (χ0) is 12.1. The van der Waals surface area contributed by atoms with Crippen molar-refractivity contribution in [2.45, 2.75) is 11.9 Å². The van der Waals surface area contributed by atoms with Gasteiger partial charge in [-0.1, -0.05) is 18.5 Å². The maximum atomic E-state index is 10.8. The van der Waals surface area contributed by atoms with Crippen molar-refractivity contribution in [3.05, 3.63) is 22.8 Å². The summed E-state index contributed by atoms with van der Waals surface area (Å²) in [7, 11) is 0. The molecule has 0 aliphatic heterocycles. The summed E-state index contributed by atoms with van der Waals surface area (Å²) in [5.41, 5.74) is 0.0517. The van der Waals surface area contributed by atoms with E-state index in [0.717, 1.165) is 0 Å². The molecule has 1 aromatic rings. The molecular formula is C10H12ClNO3S. The number of aromatic carboxylic acids is 1. The lowest BCUT2D eigenvalue weighted by Crippen LogP contribution is -2.04. The number of aromatic nitrogens is 1. The Kier molecular flexibility index (Phi) is 5.05. The Bertz CT molecular complexity index is 386. The Morgan fingerprint density at radius 1 is 1.69 bits per heavy atom. The fourth-order valence-corrected chi connectivity index (χ4v) is 2.24. The van der Waals surface area contributed by atoms with Crippen LogP contribution < -0.4 is 0 Å². The molecule has 4 nitrogen and oxygen atoms in total. The van der Waals surface area contributed by atoms with E-state index < -0.39 is 5.97 Å². The Morgan fingerprint density at radius 3 is 2.94 bits per heavy atom. The van der Waals surface area contributed by atoms with Crippen molar-refractivity contribution in [1.82, 2.24) is 4.98 Å². The normalized spacial score (nSPS) is 12.4. The number of carbonyl (C=O) groups is 1. The molecule has 0 radical (unpaired) electrons. The van der Waals surface area contributed by atoms with E-state index in [0.29, 0.717) is 10.8 Å². The van der Waals surface area contributed by atoms with Crippen LogP contribution in [0.4, 0.5) is 0 Å². The van der Waals surface area contributed by atoms with Gasteiger partial charge in [-0.15, -0.1) is 11.8 Å². The second-order valence-electron chi connectivity index (χ2n) is 3.38. The molecule has 1 rings (SSSR count). The highest BCUT2D eigenvalue weighted by atomic mass is 35.5. The van der Waals surface area contributed by atoms with E-state index in [2.05, 4.69) is 4.98 Å². The molecular weight excluding hydrogens is 250 g/mol. The average Bonchev–Trinajstić information content (AvgIpc) is 2.26. The second-order valence-corrected chi connectivity index (χ2v) is 4.77. The van der Waals surface area contributed by atoms with E-state index in [-0.39, 0.29) is 23.1 Å². The Hall–Kier alpha value is -0.780. The summed E-state index contributed by atoms with van der Waals surface area (Å²) in [6.07, 6.45) is 1.42. The van der Waals surface area contributed by atoms with Crippen molar-refractivity contribution in [3.63, 3.8) is 0 Å². The van der Waals surface area contributed by atoms with Crippen molar-refractivity contribution < 1.29 is 15.0 Å². The van der Waals surface area contributed by atoms with Gasteiger partial charge in [-0.05, 0) is 12.0 Å². The van der Waals surface area contributed by atoms with E-state index in [4.69, 9.17) is 21.8 Å². The summed E-state index contributed by atoms with van der Waals surface area (Å²) in [5, 5.41) is 18.4. The highest BCUT2D eigenvalue weighted by molar-refractivity contribution is 7.99. The van der Waals surface area contributed by atoms with E-state index in [9.17, 15) is 4.79 Å². The van der Waals surface area contributed by atoms with Gasteiger partial charge in [-0.2, -0.15) is 0 Å². The quantitative estimate of drug-likeness (QED) is 0.795. The van der Waals surface area contributed by atoms with Crippen LogP contribution in [0.2, 0.25) is 5.02 Å². The van der Waals surface area contributed by atoms with Crippen LogP contribution in [0, 0.1) is 5.92 Å². The van der Waals surface area contributed by atoms with Crippen molar-refractivity contribution in [2.24, 2.45) is 5.92 Å². The van der Waals surface area contributed by atoms with Crippen LogP contribution in [-0.4, -0.2) is 33.5 Å². The molecule has 0 spiro atoms. The summed E-state index contributed by atoms with van der Waals surface area (Å²) in [6.45, 7) is 1.98. The predicted octanol–water partition coefficient (Wildman–Crippen LogP) is 2.15. The maximum Gasteiger partial charge on any atom is 0.337 e. The van der Waals surface area contributed by atoms with Gasteiger partial charge in [-0.25, -0.2) is 9.78 Å². The van der Waals surface area contributed by atoms with E-state index in [1.54, 1.807) is 0 Å². The molecule has 0 bridgehead atoms. The molecule has 1 heterocycles. The third kappa shape index (κ3) is 3.37. The lowest BCUT2D eigenvalue weighted by atomic mass is 10.2. The van der Waals surface area contributed by atoms with Crippen LogP contribution in [0.25, 0.3) is 0 Å². The standard InChI is InChI=1S/C10H12ClNO3S/c1-6(4-13)5-16-9-8(11)7(10(14)15)2-3-12-9/h2-3,6,13H,4-5H2,1H3,(H,14,15). The van der Waals surface area contributed by atoms with Crippen molar-refractivity contribution in [3.8, 4) is 0 Å². The van der Waals surface area contributed by atoms with Gasteiger partial charge < -0.3 is 10.2 Å². The minimum atomic E-state index is -1.07.